The number of ketones is 3. The summed E-state index contributed by atoms with van der Waals surface area (Å²) in [6.45, 7) is 1.40. The third-order valence-corrected chi connectivity index (χ3v) is 2.55. The second-order valence-corrected chi connectivity index (χ2v) is 3.48. The van der Waals surface area contributed by atoms with Crippen molar-refractivity contribution in [3.63, 3.8) is 0 Å². The van der Waals surface area contributed by atoms with E-state index in [0.717, 1.165) is 0 Å². The third-order valence-electron chi connectivity index (χ3n) is 2.55. The lowest BCUT2D eigenvalue weighted by atomic mass is 9.81. The maximum atomic E-state index is 11.6. The second kappa shape index (κ2) is 3.02. The molecular weight excluding hydrogens is 196 g/mol. The molecule has 0 aromatic heterocycles. The van der Waals surface area contributed by atoms with Crippen LogP contribution in [-0.2, 0) is 4.79 Å². The first kappa shape index (κ1) is 9.58. The molecule has 2 rings (SSSR count). The molecule has 1 N–H and O–H groups in total. The standard InChI is InChI=1S/C11H8O4/c1-5-9(13)6-3-2-4-7(12)8(6)11(15)10(5)14/h2-5,12H,1H3. The minimum absolute atomic E-state index is 0.132. The van der Waals surface area contributed by atoms with E-state index in [2.05, 4.69) is 0 Å². The SMILES string of the molecule is CC1C(=O)C(=O)c2c(O)cccc2C1=O. The number of fused-ring (bicyclic) bond motifs is 1. The van der Waals surface area contributed by atoms with Gasteiger partial charge in [-0.15, -0.1) is 0 Å². The van der Waals surface area contributed by atoms with E-state index in [9.17, 15) is 19.5 Å². The Hall–Kier alpha value is -1.97. The molecule has 1 aliphatic rings. The van der Waals surface area contributed by atoms with Crippen LogP contribution in [-0.4, -0.2) is 22.5 Å². The third kappa shape index (κ3) is 1.18. The maximum absolute atomic E-state index is 11.6. The first-order valence-corrected chi connectivity index (χ1v) is 4.48. The molecule has 1 aromatic rings. The number of Topliss-reactive ketones (excluding diaryl/α,β-unsaturated/α-hetero) is 3. The average Bonchev–Trinajstić information content (AvgIpc) is 2.23. The van der Waals surface area contributed by atoms with Crippen molar-refractivity contribution in [2.45, 2.75) is 6.92 Å². The summed E-state index contributed by atoms with van der Waals surface area (Å²) in [5.74, 6) is -3.20. The number of phenolic OH excluding ortho intramolecular Hbond substituents is 1. The highest BCUT2D eigenvalue weighted by molar-refractivity contribution is 6.52. The van der Waals surface area contributed by atoms with Crippen molar-refractivity contribution in [1.29, 1.82) is 0 Å². The molecule has 0 amide bonds. The van der Waals surface area contributed by atoms with Gasteiger partial charge in [0.25, 0.3) is 0 Å². The normalized spacial score (nSPS) is 20.3. The number of hydrogen-bond donors (Lipinski definition) is 1. The zero-order valence-corrected chi connectivity index (χ0v) is 7.98. The zero-order valence-electron chi connectivity index (χ0n) is 7.98. The lowest BCUT2D eigenvalue weighted by molar-refractivity contribution is -0.117. The second-order valence-electron chi connectivity index (χ2n) is 3.48. The van der Waals surface area contributed by atoms with Crippen LogP contribution in [0, 0.1) is 5.92 Å². The smallest absolute Gasteiger partial charge is 0.233 e. The monoisotopic (exact) mass is 204 g/mol. The van der Waals surface area contributed by atoms with E-state index in [1.54, 1.807) is 0 Å². The molecule has 1 unspecified atom stereocenters. The molecule has 1 aromatic carbocycles. The minimum atomic E-state index is -0.938. The van der Waals surface area contributed by atoms with Crippen molar-refractivity contribution in [1.82, 2.24) is 0 Å². The van der Waals surface area contributed by atoms with Crippen LogP contribution >= 0.6 is 0 Å². The fourth-order valence-electron chi connectivity index (χ4n) is 1.66. The van der Waals surface area contributed by atoms with E-state index in [1.807, 2.05) is 0 Å². The summed E-state index contributed by atoms with van der Waals surface area (Å²) in [6.07, 6.45) is 0. The fraction of sp³-hybridized carbons (Fsp3) is 0.182. The van der Waals surface area contributed by atoms with Gasteiger partial charge in [0.1, 0.15) is 5.75 Å². The van der Waals surface area contributed by atoms with Crippen LogP contribution < -0.4 is 0 Å². The molecule has 1 aliphatic carbocycles. The van der Waals surface area contributed by atoms with Crippen LogP contribution in [0.25, 0.3) is 0 Å². The molecule has 0 saturated carbocycles. The van der Waals surface area contributed by atoms with E-state index in [-0.39, 0.29) is 16.9 Å². The summed E-state index contributed by atoms with van der Waals surface area (Å²) in [5, 5.41) is 9.42. The molecule has 15 heavy (non-hydrogen) atoms. The summed E-state index contributed by atoms with van der Waals surface area (Å²) >= 11 is 0. The summed E-state index contributed by atoms with van der Waals surface area (Å²) < 4.78 is 0. The number of benzene rings is 1. The van der Waals surface area contributed by atoms with Crippen molar-refractivity contribution in [3.05, 3.63) is 29.3 Å². The van der Waals surface area contributed by atoms with Gasteiger partial charge >= 0.3 is 0 Å². The van der Waals surface area contributed by atoms with Crippen molar-refractivity contribution in [3.8, 4) is 5.75 Å². The number of hydrogen-bond acceptors (Lipinski definition) is 4. The summed E-state index contributed by atoms with van der Waals surface area (Å²) in [7, 11) is 0. The Morgan fingerprint density at radius 2 is 1.80 bits per heavy atom. The summed E-state index contributed by atoms with van der Waals surface area (Å²) in [6, 6.07) is 4.20. The molecular formula is C11H8O4. The number of aromatic hydroxyl groups is 1. The van der Waals surface area contributed by atoms with Gasteiger partial charge in [0.2, 0.25) is 11.6 Å². The van der Waals surface area contributed by atoms with Gasteiger partial charge < -0.3 is 5.11 Å². The molecule has 0 aliphatic heterocycles. The quantitative estimate of drug-likeness (QED) is 0.505. The van der Waals surface area contributed by atoms with Crippen molar-refractivity contribution < 1.29 is 19.5 Å². The van der Waals surface area contributed by atoms with Crippen molar-refractivity contribution in [2.24, 2.45) is 5.92 Å². The van der Waals surface area contributed by atoms with E-state index in [4.69, 9.17) is 0 Å². The van der Waals surface area contributed by atoms with Crippen LogP contribution in [0.2, 0.25) is 0 Å². The Bertz CT molecular complexity index is 487. The Balaban J connectivity index is 2.75. The number of carbonyl (C=O) groups is 3. The molecule has 4 nitrogen and oxygen atoms in total. The van der Waals surface area contributed by atoms with Gasteiger partial charge in [-0.1, -0.05) is 12.1 Å². The van der Waals surface area contributed by atoms with Crippen LogP contribution in [0.1, 0.15) is 27.6 Å². The lowest BCUT2D eigenvalue weighted by Crippen LogP contribution is -2.35. The first-order chi connectivity index (χ1) is 7.04. The van der Waals surface area contributed by atoms with Crippen molar-refractivity contribution >= 4 is 17.3 Å². The molecule has 0 heterocycles. The van der Waals surface area contributed by atoms with Gasteiger partial charge in [-0.25, -0.2) is 0 Å². The van der Waals surface area contributed by atoms with Gasteiger partial charge in [-0.2, -0.15) is 0 Å². The van der Waals surface area contributed by atoms with E-state index in [1.165, 1.54) is 25.1 Å². The van der Waals surface area contributed by atoms with Crippen molar-refractivity contribution in [2.75, 3.05) is 0 Å². The Morgan fingerprint density at radius 1 is 1.13 bits per heavy atom. The summed E-state index contributed by atoms with van der Waals surface area (Å²) in [5.41, 5.74) is -0.0299. The summed E-state index contributed by atoms with van der Waals surface area (Å²) in [4.78, 5) is 34.5. The highest BCUT2D eigenvalue weighted by atomic mass is 16.3. The molecule has 0 fully saturated rings. The predicted octanol–water partition coefficient (Wildman–Crippen LogP) is 0.976. The topological polar surface area (TPSA) is 71.4 Å². The largest absolute Gasteiger partial charge is 0.507 e. The molecule has 4 heteroatoms. The molecule has 0 spiro atoms. The average molecular weight is 204 g/mol. The van der Waals surface area contributed by atoms with Gasteiger partial charge in [-0.3, -0.25) is 14.4 Å². The predicted molar refractivity (Wildman–Crippen MR) is 50.9 cm³/mol. The molecule has 0 saturated heterocycles. The van der Waals surface area contributed by atoms with Crippen LogP contribution in [0.5, 0.6) is 5.75 Å². The maximum Gasteiger partial charge on any atom is 0.233 e. The zero-order chi connectivity index (χ0) is 11.2. The molecule has 76 valence electrons. The van der Waals surface area contributed by atoms with Gasteiger partial charge in [0.05, 0.1) is 11.5 Å². The number of phenols is 1. The first-order valence-electron chi connectivity index (χ1n) is 4.48. The molecule has 1 atom stereocenters. The van der Waals surface area contributed by atoms with Crippen LogP contribution in [0.3, 0.4) is 0 Å². The van der Waals surface area contributed by atoms with E-state index >= 15 is 0 Å². The Morgan fingerprint density at radius 3 is 2.47 bits per heavy atom. The number of carbonyl (C=O) groups excluding carboxylic acids is 3. The van der Waals surface area contributed by atoms with Gasteiger partial charge in [-0.05, 0) is 13.0 Å². The molecule has 0 bridgehead atoms. The van der Waals surface area contributed by atoms with Gasteiger partial charge in [0.15, 0.2) is 5.78 Å². The fourth-order valence-corrected chi connectivity index (χ4v) is 1.66. The number of rotatable bonds is 0. The van der Waals surface area contributed by atoms with E-state index < -0.39 is 23.3 Å². The molecule has 0 radical (unpaired) electrons. The highest BCUT2D eigenvalue weighted by Crippen LogP contribution is 2.29. The lowest BCUT2D eigenvalue weighted by Gasteiger charge is -2.18. The van der Waals surface area contributed by atoms with Crippen LogP contribution in [0.15, 0.2) is 18.2 Å². The van der Waals surface area contributed by atoms with Gasteiger partial charge in [0, 0.05) is 5.56 Å². The Kier molecular flexibility index (Phi) is 1.93. The van der Waals surface area contributed by atoms with Crippen LogP contribution in [0.4, 0.5) is 0 Å². The minimum Gasteiger partial charge on any atom is -0.507 e. The Labute approximate surface area is 85.5 Å². The highest BCUT2D eigenvalue weighted by Gasteiger charge is 2.38. The van der Waals surface area contributed by atoms with E-state index in [0.29, 0.717) is 0 Å².